The van der Waals surface area contributed by atoms with E-state index in [0.29, 0.717) is 37.4 Å². The fourth-order valence-corrected chi connectivity index (χ4v) is 4.48. The van der Waals surface area contributed by atoms with Crippen molar-refractivity contribution in [2.24, 2.45) is 0 Å². The van der Waals surface area contributed by atoms with Crippen LogP contribution in [-0.4, -0.2) is 35.4 Å². The van der Waals surface area contributed by atoms with E-state index in [2.05, 4.69) is 5.32 Å². The van der Waals surface area contributed by atoms with Gasteiger partial charge in [0, 0.05) is 24.0 Å². The first-order valence-electron chi connectivity index (χ1n) is 12.0. The number of carbonyl (C=O) groups is 2. The van der Waals surface area contributed by atoms with Gasteiger partial charge in [-0.2, -0.15) is 0 Å². The topological polar surface area (TPSA) is 58.6 Å². The summed E-state index contributed by atoms with van der Waals surface area (Å²) in [6.45, 7) is 4.74. The summed E-state index contributed by atoms with van der Waals surface area (Å²) in [5, 5.41) is 3.77. The fraction of sp³-hybridized carbons (Fsp3) is 0.481. The van der Waals surface area contributed by atoms with Crippen molar-refractivity contribution in [2.75, 3.05) is 6.61 Å². The molecule has 0 aliphatic heterocycles. The third-order valence-electron chi connectivity index (χ3n) is 6.21. The van der Waals surface area contributed by atoms with E-state index in [0.717, 1.165) is 37.0 Å². The van der Waals surface area contributed by atoms with Crippen LogP contribution in [0.5, 0.6) is 5.75 Å². The van der Waals surface area contributed by atoms with Crippen molar-refractivity contribution in [1.29, 1.82) is 0 Å². The maximum atomic E-state index is 13.3. The lowest BCUT2D eigenvalue weighted by Crippen LogP contribution is -2.51. The highest BCUT2D eigenvalue weighted by Crippen LogP contribution is 2.22. The monoisotopic (exact) mass is 470 g/mol. The van der Waals surface area contributed by atoms with Crippen LogP contribution < -0.4 is 10.1 Å². The van der Waals surface area contributed by atoms with Gasteiger partial charge in [-0.05, 0) is 56.4 Å². The molecule has 1 aliphatic carbocycles. The van der Waals surface area contributed by atoms with Crippen LogP contribution in [0.3, 0.4) is 0 Å². The highest BCUT2D eigenvalue weighted by molar-refractivity contribution is 6.31. The van der Waals surface area contributed by atoms with Crippen molar-refractivity contribution in [2.45, 2.75) is 77.4 Å². The lowest BCUT2D eigenvalue weighted by atomic mass is 10.1. The first kappa shape index (κ1) is 25.1. The predicted octanol–water partition coefficient (Wildman–Crippen LogP) is 5.67. The first-order chi connectivity index (χ1) is 16.0. The number of hydrogen-bond acceptors (Lipinski definition) is 3. The molecule has 2 aromatic carbocycles. The van der Waals surface area contributed by atoms with Gasteiger partial charge < -0.3 is 15.0 Å². The van der Waals surface area contributed by atoms with Gasteiger partial charge in [0.15, 0.2) is 0 Å². The molecular formula is C27H35ClN2O3. The van der Waals surface area contributed by atoms with E-state index in [9.17, 15) is 9.59 Å². The maximum Gasteiger partial charge on any atom is 0.243 e. The summed E-state index contributed by atoms with van der Waals surface area (Å²) in [5.74, 6) is 0.667. The smallest absolute Gasteiger partial charge is 0.243 e. The number of halogens is 1. The fourth-order valence-electron chi connectivity index (χ4n) is 4.29. The van der Waals surface area contributed by atoms with Crippen molar-refractivity contribution in [3.63, 3.8) is 0 Å². The molecule has 1 fully saturated rings. The summed E-state index contributed by atoms with van der Waals surface area (Å²) in [5.41, 5.74) is 2.02. The van der Waals surface area contributed by atoms with Gasteiger partial charge in [0.25, 0.3) is 0 Å². The van der Waals surface area contributed by atoms with Crippen LogP contribution in [0.1, 0.15) is 63.0 Å². The lowest BCUT2D eigenvalue weighted by molar-refractivity contribution is -0.141. The van der Waals surface area contributed by atoms with Crippen LogP contribution in [0.15, 0.2) is 48.5 Å². The second kappa shape index (κ2) is 12.6. The third-order valence-corrected chi connectivity index (χ3v) is 6.58. The number of ether oxygens (including phenoxy) is 1. The van der Waals surface area contributed by atoms with Gasteiger partial charge in [0.1, 0.15) is 11.8 Å². The number of benzene rings is 2. The second-order valence-corrected chi connectivity index (χ2v) is 9.20. The summed E-state index contributed by atoms with van der Waals surface area (Å²) in [7, 11) is 0. The Morgan fingerprint density at radius 2 is 1.82 bits per heavy atom. The van der Waals surface area contributed by atoms with Gasteiger partial charge in [-0.15, -0.1) is 0 Å². The van der Waals surface area contributed by atoms with Crippen molar-refractivity contribution >= 4 is 23.4 Å². The molecule has 1 atom stereocenters. The molecule has 0 unspecified atom stereocenters. The summed E-state index contributed by atoms with van der Waals surface area (Å²) in [6.07, 6.45) is 5.74. The van der Waals surface area contributed by atoms with Gasteiger partial charge in [0.2, 0.25) is 11.8 Å². The molecule has 2 amide bonds. The average molecular weight is 471 g/mol. The van der Waals surface area contributed by atoms with E-state index in [-0.39, 0.29) is 17.9 Å². The molecular weight excluding hydrogens is 436 g/mol. The molecule has 5 nitrogen and oxygen atoms in total. The Bertz CT molecular complexity index is 910. The highest BCUT2D eigenvalue weighted by Gasteiger charge is 2.30. The normalized spacial score (nSPS) is 14.6. The standard InChI is InChI=1S/C27H35ClN2O3/c1-3-25(27(32)29-22-10-5-6-11-22)30(19-21-9-4-7-12-24(21)28)26(31)13-8-18-33-23-16-14-20(2)15-17-23/h4,7,9,12,14-17,22,25H,3,5-6,8,10-11,13,18-19H2,1-2H3,(H,29,32)/t25-/m1/s1. The Balaban J connectivity index is 1.65. The molecule has 3 rings (SSSR count). The van der Waals surface area contributed by atoms with Gasteiger partial charge in [-0.3, -0.25) is 9.59 Å². The molecule has 0 saturated heterocycles. The van der Waals surface area contributed by atoms with Crippen molar-refractivity contribution < 1.29 is 14.3 Å². The van der Waals surface area contributed by atoms with Gasteiger partial charge in [-0.1, -0.05) is 67.3 Å². The average Bonchev–Trinajstić information content (AvgIpc) is 3.32. The number of nitrogens with one attached hydrogen (secondary N) is 1. The highest BCUT2D eigenvalue weighted by atomic mass is 35.5. The number of aryl methyl sites for hydroxylation is 1. The summed E-state index contributed by atoms with van der Waals surface area (Å²) >= 11 is 6.39. The largest absolute Gasteiger partial charge is 0.494 e. The summed E-state index contributed by atoms with van der Waals surface area (Å²) < 4.78 is 5.78. The predicted molar refractivity (Wildman–Crippen MR) is 132 cm³/mol. The Labute approximate surface area is 202 Å². The van der Waals surface area contributed by atoms with E-state index in [1.807, 2.05) is 62.4 Å². The van der Waals surface area contributed by atoms with Gasteiger partial charge in [-0.25, -0.2) is 0 Å². The van der Waals surface area contributed by atoms with Crippen LogP contribution in [0, 0.1) is 6.92 Å². The Morgan fingerprint density at radius 3 is 2.48 bits per heavy atom. The number of rotatable bonds is 11. The molecule has 33 heavy (non-hydrogen) atoms. The lowest BCUT2D eigenvalue weighted by Gasteiger charge is -2.32. The Morgan fingerprint density at radius 1 is 1.12 bits per heavy atom. The van der Waals surface area contributed by atoms with Gasteiger partial charge >= 0.3 is 0 Å². The minimum Gasteiger partial charge on any atom is -0.494 e. The zero-order valence-corrected chi connectivity index (χ0v) is 20.4. The van der Waals surface area contributed by atoms with E-state index < -0.39 is 6.04 Å². The quantitative estimate of drug-likeness (QED) is 0.430. The molecule has 1 aliphatic rings. The second-order valence-electron chi connectivity index (χ2n) is 8.79. The van der Waals surface area contributed by atoms with Crippen LogP contribution in [0.4, 0.5) is 0 Å². The van der Waals surface area contributed by atoms with Crippen LogP contribution >= 0.6 is 11.6 Å². The first-order valence-corrected chi connectivity index (χ1v) is 12.4. The molecule has 6 heteroatoms. The maximum absolute atomic E-state index is 13.3. The molecule has 1 N–H and O–H groups in total. The van der Waals surface area contributed by atoms with Crippen molar-refractivity contribution in [1.82, 2.24) is 10.2 Å². The summed E-state index contributed by atoms with van der Waals surface area (Å²) in [6, 6.07) is 15.0. The summed E-state index contributed by atoms with van der Waals surface area (Å²) in [4.78, 5) is 28.1. The number of hydrogen-bond donors (Lipinski definition) is 1. The van der Waals surface area contributed by atoms with Crippen LogP contribution in [-0.2, 0) is 16.1 Å². The molecule has 178 valence electrons. The number of amides is 2. The van der Waals surface area contributed by atoms with Crippen molar-refractivity contribution in [3.8, 4) is 5.75 Å². The SMILES string of the molecule is CC[C@H](C(=O)NC1CCCC1)N(Cc1ccccc1Cl)C(=O)CCCOc1ccc(C)cc1. The number of carbonyl (C=O) groups excluding carboxylic acids is 2. The molecule has 0 aromatic heterocycles. The van der Waals surface area contributed by atoms with E-state index in [4.69, 9.17) is 16.3 Å². The third kappa shape index (κ3) is 7.50. The number of nitrogens with zero attached hydrogens (tertiary/aromatic N) is 1. The van der Waals surface area contributed by atoms with Crippen molar-refractivity contribution in [3.05, 3.63) is 64.7 Å². The Kier molecular flexibility index (Phi) is 9.61. The Hall–Kier alpha value is -2.53. The minimum absolute atomic E-state index is 0.0594. The molecule has 0 heterocycles. The zero-order chi connectivity index (χ0) is 23.6. The molecule has 0 radical (unpaired) electrons. The minimum atomic E-state index is -0.521. The molecule has 2 aromatic rings. The zero-order valence-electron chi connectivity index (χ0n) is 19.7. The molecule has 0 bridgehead atoms. The molecule has 1 saturated carbocycles. The van der Waals surface area contributed by atoms with Gasteiger partial charge in [0.05, 0.1) is 6.61 Å². The van der Waals surface area contributed by atoms with E-state index in [1.54, 1.807) is 4.90 Å². The van der Waals surface area contributed by atoms with E-state index in [1.165, 1.54) is 5.56 Å². The van der Waals surface area contributed by atoms with Crippen LogP contribution in [0.25, 0.3) is 0 Å². The molecule has 0 spiro atoms. The van der Waals surface area contributed by atoms with Crippen LogP contribution in [0.2, 0.25) is 5.02 Å². The van der Waals surface area contributed by atoms with E-state index >= 15 is 0 Å².